The van der Waals surface area contributed by atoms with E-state index in [1.807, 2.05) is 42.6 Å². The highest BCUT2D eigenvalue weighted by atomic mass is 16.2. The second-order valence-electron chi connectivity index (χ2n) is 7.32. The molecule has 1 aromatic heterocycles. The lowest BCUT2D eigenvalue weighted by molar-refractivity contribution is -0.572. The fourth-order valence-electron chi connectivity index (χ4n) is 4.05. The average molecular weight is 361 g/mol. The zero-order valence-corrected chi connectivity index (χ0v) is 14.9. The number of amides is 2. The number of pyridine rings is 1. The van der Waals surface area contributed by atoms with Crippen LogP contribution in [0.25, 0.3) is 11.8 Å². The van der Waals surface area contributed by atoms with Gasteiger partial charge < -0.3 is 16.0 Å². The van der Waals surface area contributed by atoms with Gasteiger partial charge in [-0.3, -0.25) is 9.59 Å². The van der Waals surface area contributed by atoms with Crippen LogP contribution in [0.1, 0.15) is 34.0 Å². The molecule has 27 heavy (non-hydrogen) atoms. The molecule has 1 atom stereocenters. The predicted octanol–water partition coefficient (Wildman–Crippen LogP) is 1.36. The van der Waals surface area contributed by atoms with Crippen molar-refractivity contribution < 1.29 is 14.2 Å². The minimum atomic E-state index is 0.0000412. The lowest BCUT2D eigenvalue weighted by Crippen LogP contribution is -2.48. The summed E-state index contributed by atoms with van der Waals surface area (Å²) in [4.78, 5) is 24.4. The molecule has 0 aliphatic carbocycles. The summed E-state index contributed by atoms with van der Waals surface area (Å²) >= 11 is 0. The SMILES string of the molecule is O=C1NCCC2C(c3ccc(NC(=O)C4CNC4)cc3)=C[n+]3cccc1c32. The van der Waals surface area contributed by atoms with E-state index in [0.717, 1.165) is 42.0 Å². The summed E-state index contributed by atoms with van der Waals surface area (Å²) in [6.45, 7) is 2.17. The van der Waals surface area contributed by atoms with E-state index in [4.69, 9.17) is 0 Å². The maximum absolute atomic E-state index is 12.3. The fourth-order valence-corrected chi connectivity index (χ4v) is 4.05. The third-order valence-corrected chi connectivity index (χ3v) is 5.65. The van der Waals surface area contributed by atoms with E-state index in [-0.39, 0.29) is 23.7 Å². The molecule has 3 N–H and O–H groups in total. The molecule has 0 spiro atoms. The van der Waals surface area contributed by atoms with E-state index in [0.29, 0.717) is 6.54 Å². The van der Waals surface area contributed by atoms with E-state index >= 15 is 0 Å². The van der Waals surface area contributed by atoms with Crippen LogP contribution < -0.4 is 20.5 Å². The van der Waals surface area contributed by atoms with E-state index < -0.39 is 0 Å². The Labute approximate surface area is 157 Å². The van der Waals surface area contributed by atoms with E-state index in [1.165, 1.54) is 5.57 Å². The van der Waals surface area contributed by atoms with Crippen molar-refractivity contribution in [3.05, 3.63) is 59.4 Å². The van der Waals surface area contributed by atoms with Crippen molar-refractivity contribution in [3.63, 3.8) is 0 Å². The smallest absolute Gasteiger partial charge is 0.257 e. The molecular weight excluding hydrogens is 340 g/mol. The van der Waals surface area contributed by atoms with Gasteiger partial charge in [-0.15, -0.1) is 0 Å². The topological polar surface area (TPSA) is 74.1 Å². The number of hydrogen-bond donors (Lipinski definition) is 3. The highest BCUT2D eigenvalue weighted by molar-refractivity contribution is 5.97. The molecule has 6 nitrogen and oxygen atoms in total. The van der Waals surface area contributed by atoms with Gasteiger partial charge in [0.15, 0.2) is 12.4 Å². The Morgan fingerprint density at radius 1 is 1.15 bits per heavy atom. The van der Waals surface area contributed by atoms with Gasteiger partial charge in [-0.05, 0) is 30.2 Å². The van der Waals surface area contributed by atoms with Crippen LogP contribution in [0.5, 0.6) is 0 Å². The largest absolute Gasteiger partial charge is 0.352 e. The van der Waals surface area contributed by atoms with Gasteiger partial charge in [0.25, 0.3) is 5.91 Å². The summed E-state index contributed by atoms with van der Waals surface area (Å²) in [6, 6.07) is 11.8. The van der Waals surface area contributed by atoms with Gasteiger partial charge in [-0.25, -0.2) is 0 Å². The summed E-state index contributed by atoms with van der Waals surface area (Å²) in [5.41, 5.74) is 4.96. The normalized spacial score (nSPS) is 20.8. The number of allylic oxidation sites excluding steroid dienone is 1. The Morgan fingerprint density at radius 3 is 2.70 bits per heavy atom. The summed E-state index contributed by atoms with van der Waals surface area (Å²) in [6.07, 6.45) is 5.00. The third kappa shape index (κ3) is 2.73. The molecule has 1 fully saturated rings. The predicted molar refractivity (Wildman–Crippen MR) is 102 cm³/mol. The van der Waals surface area contributed by atoms with Gasteiger partial charge in [0.2, 0.25) is 11.6 Å². The van der Waals surface area contributed by atoms with Crippen molar-refractivity contribution in [1.29, 1.82) is 0 Å². The van der Waals surface area contributed by atoms with Gasteiger partial charge in [-0.2, -0.15) is 4.57 Å². The Morgan fingerprint density at radius 2 is 1.96 bits per heavy atom. The van der Waals surface area contributed by atoms with E-state index in [2.05, 4.69) is 26.7 Å². The molecule has 3 aliphatic heterocycles. The average Bonchev–Trinajstić information content (AvgIpc) is 2.90. The molecule has 5 rings (SSSR count). The second kappa shape index (κ2) is 6.32. The van der Waals surface area contributed by atoms with Crippen molar-refractivity contribution in [1.82, 2.24) is 10.6 Å². The monoisotopic (exact) mass is 361 g/mol. The van der Waals surface area contributed by atoms with Gasteiger partial charge in [0, 0.05) is 37.0 Å². The number of hydrogen-bond acceptors (Lipinski definition) is 3. The highest BCUT2D eigenvalue weighted by Crippen LogP contribution is 2.39. The number of aromatic nitrogens is 1. The first-order valence-corrected chi connectivity index (χ1v) is 9.37. The maximum atomic E-state index is 12.3. The summed E-state index contributed by atoms with van der Waals surface area (Å²) in [7, 11) is 0. The molecule has 1 aromatic carbocycles. The number of nitrogens with zero attached hydrogens (tertiary/aromatic N) is 1. The number of anilines is 1. The third-order valence-electron chi connectivity index (χ3n) is 5.65. The van der Waals surface area contributed by atoms with Crippen LogP contribution in [-0.4, -0.2) is 31.4 Å². The first kappa shape index (κ1) is 16.2. The maximum Gasteiger partial charge on any atom is 0.257 e. The Hall–Kier alpha value is -2.99. The standard InChI is InChI=1S/C21H20N4O2/c26-20(14-10-22-11-14)24-15-5-3-13(4-6-15)18-12-25-9-1-2-17-19(25)16(18)7-8-23-21(17)27/h1-6,9,12,14,16,22H,7-8,10-11H2,(H-,23,24,26,27)/p+1. The molecule has 0 radical (unpaired) electrons. The number of carbonyl (C=O) groups is 2. The van der Waals surface area contributed by atoms with Crippen LogP contribution in [-0.2, 0) is 4.79 Å². The molecule has 136 valence electrons. The molecule has 3 aliphatic rings. The Balaban J connectivity index is 1.42. The Kier molecular flexibility index (Phi) is 3.79. The van der Waals surface area contributed by atoms with Crippen molar-refractivity contribution >= 4 is 29.3 Å². The lowest BCUT2D eigenvalue weighted by atomic mass is 9.88. The van der Waals surface area contributed by atoms with Crippen LogP contribution in [0.15, 0.2) is 42.6 Å². The van der Waals surface area contributed by atoms with E-state index in [1.54, 1.807) is 0 Å². The summed E-state index contributed by atoms with van der Waals surface area (Å²) in [5, 5.41) is 9.08. The molecule has 1 unspecified atom stereocenters. The van der Waals surface area contributed by atoms with Crippen LogP contribution >= 0.6 is 0 Å². The lowest BCUT2D eigenvalue weighted by Gasteiger charge is -2.25. The minimum absolute atomic E-state index is 0.0000412. The molecule has 1 saturated heterocycles. The van der Waals surface area contributed by atoms with Gasteiger partial charge in [0.05, 0.1) is 11.8 Å². The second-order valence-corrected chi connectivity index (χ2v) is 7.32. The fraction of sp³-hybridized carbons (Fsp3) is 0.286. The van der Waals surface area contributed by atoms with E-state index in [9.17, 15) is 9.59 Å². The number of nitrogens with one attached hydrogen (secondary N) is 3. The van der Waals surface area contributed by atoms with Crippen LogP contribution in [0.3, 0.4) is 0 Å². The zero-order valence-electron chi connectivity index (χ0n) is 14.9. The van der Waals surface area contributed by atoms with Crippen molar-refractivity contribution in [2.45, 2.75) is 12.3 Å². The zero-order chi connectivity index (χ0) is 18.4. The number of benzene rings is 1. The molecule has 2 amide bonds. The van der Waals surface area contributed by atoms with Crippen LogP contribution in [0, 0.1) is 5.92 Å². The van der Waals surface area contributed by atoms with Crippen LogP contribution in [0.2, 0.25) is 0 Å². The first-order valence-electron chi connectivity index (χ1n) is 9.37. The summed E-state index contributed by atoms with van der Waals surface area (Å²) in [5.74, 6) is 0.340. The number of rotatable bonds is 3. The summed E-state index contributed by atoms with van der Waals surface area (Å²) < 4.78 is 2.07. The quantitative estimate of drug-likeness (QED) is 0.723. The molecule has 4 heterocycles. The van der Waals surface area contributed by atoms with Crippen molar-refractivity contribution in [2.24, 2.45) is 5.92 Å². The van der Waals surface area contributed by atoms with Gasteiger partial charge >= 0.3 is 0 Å². The van der Waals surface area contributed by atoms with Crippen molar-refractivity contribution in [2.75, 3.05) is 25.0 Å². The Bertz CT molecular complexity index is 961. The molecule has 0 bridgehead atoms. The van der Waals surface area contributed by atoms with Gasteiger partial charge in [-0.1, -0.05) is 12.1 Å². The molecule has 0 saturated carbocycles. The highest BCUT2D eigenvalue weighted by Gasteiger charge is 2.39. The first-order chi connectivity index (χ1) is 13.2. The van der Waals surface area contributed by atoms with Gasteiger partial charge in [0.1, 0.15) is 5.56 Å². The molecular formula is C21H21N4O2+. The van der Waals surface area contributed by atoms with Crippen molar-refractivity contribution in [3.8, 4) is 0 Å². The molecule has 2 aromatic rings. The van der Waals surface area contributed by atoms with Crippen LogP contribution in [0.4, 0.5) is 5.69 Å². The minimum Gasteiger partial charge on any atom is -0.352 e. The number of carbonyl (C=O) groups excluding carboxylic acids is 2. The molecule has 6 heteroatoms.